The first kappa shape index (κ1) is 14.9. The number of carbonyl (C=O) groups excluding carboxylic acids is 1. The fraction of sp³-hybridized carbons (Fsp3) is 0.176. The quantitative estimate of drug-likeness (QED) is 0.809. The Labute approximate surface area is 132 Å². The number of methoxy groups -OCH3 is 1. The summed E-state index contributed by atoms with van der Waals surface area (Å²) in [6.07, 6.45) is 0.130. The lowest BCUT2D eigenvalue weighted by Crippen LogP contribution is -2.24. The number of benzene rings is 2. The average Bonchev–Trinajstić information content (AvgIpc) is 2.53. The highest BCUT2D eigenvalue weighted by molar-refractivity contribution is 5.97. The van der Waals surface area contributed by atoms with Gasteiger partial charge in [0.1, 0.15) is 0 Å². The molecule has 0 aromatic heterocycles. The van der Waals surface area contributed by atoms with Gasteiger partial charge < -0.3 is 20.3 Å². The molecule has 1 atom stereocenters. The molecule has 0 radical (unpaired) electrons. The Kier molecular flexibility index (Phi) is 3.65. The standard InChI is InChI=1S/C17H15NO5/c1-23-15-6-12-11(7-16(20)18-13(12)8-14(15)19)9-4-2-3-5-10(9)17(21)22/h2-6,8,11,19H,7H2,1H3,(H,18,20)(H,21,22)/t11-/m1/s1. The van der Waals surface area contributed by atoms with E-state index in [1.807, 2.05) is 0 Å². The maximum Gasteiger partial charge on any atom is 0.335 e. The Balaban J connectivity index is 2.19. The summed E-state index contributed by atoms with van der Waals surface area (Å²) in [5.74, 6) is -1.50. The SMILES string of the molecule is COc1cc2c(cc1O)NC(=O)C[C@@H]2c1ccccc1C(=O)O. The minimum atomic E-state index is -1.04. The van der Waals surface area contributed by atoms with E-state index in [4.69, 9.17) is 4.74 Å². The second-order valence-corrected chi connectivity index (χ2v) is 5.31. The molecule has 0 aliphatic carbocycles. The Morgan fingerprint density at radius 1 is 1.26 bits per heavy atom. The molecule has 0 saturated carbocycles. The molecule has 1 aliphatic rings. The molecular weight excluding hydrogens is 298 g/mol. The van der Waals surface area contributed by atoms with Crippen LogP contribution in [0.4, 0.5) is 5.69 Å². The summed E-state index contributed by atoms with van der Waals surface area (Å²) in [5, 5.41) is 22.0. The number of fused-ring (bicyclic) bond motifs is 1. The number of carboxylic acids is 1. The third kappa shape index (κ3) is 2.59. The summed E-state index contributed by atoms with van der Waals surface area (Å²) in [7, 11) is 1.43. The van der Waals surface area contributed by atoms with Crippen LogP contribution >= 0.6 is 0 Å². The number of amides is 1. The molecule has 6 nitrogen and oxygen atoms in total. The van der Waals surface area contributed by atoms with Crippen molar-refractivity contribution >= 4 is 17.6 Å². The molecule has 0 unspecified atom stereocenters. The van der Waals surface area contributed by atoms with Crippen molar-refractivity contribution in [1.82, 2.24) is 0 Å². The molecule has 3 N–H and O–H groups in total. The average molecular weight is 313 g/mol. The van der Waals surface area contributed by atoms with Crippen molar-refractivity contribution in [3.63, 3.8) is 0 Å². The van der Waals surface area contributed by atoms with Crippen LogP contribution in [0.15, 0.2) is 36.4 Å². The number of nitrogens with one attached hydrogen (secondary N) is 1. The van der Waals surface area contributed by atoms with Crippen molar-refractivity contribution in [2.24, 2.45) is 0 Å². The Morgan fingerprint density at radius 2 is 2.00 bits per heavy atom. The molecule has 6 heteroatoms. The molecule has 0 saturated heterocycles. The number of hydrogen-bond acceptors (Lipinski definition) is 4. The van der Waals surface area contributed by atoms with E-state index in [0.717, 1.165) is 0 Å². The molecule has 3 rings (SSSR count). The van der Waals surface area contributed by atoms with E-state index in [0.29, 0.717) is 16.8 Å². The van der Waals surface area contributed by atoms with Crippen LogP contribution in [0.5, 0.6) is 11.5 Å². The molecule has 0 fully saturated rings. The number of rotatable bonds is 3. The molecule has 1 heterocycles. The van der Waals surface area contributed by atoms with E-state index < -0.39 is 11.9 Å². The van der Waals surface area contributed by atoms with Gasteiger partial charge in [-0.05, 0) is 23.3 Å². The molecule has 1 aliphatic heterocycles. The van der Waals surface area contributed by atoms with Crippen LogP contribution in [0.25, 0.3) is 0 Å². The van der Waals surface area contributed by atoms with Crippen LogP contribution in [0.1, 0.15) is 33.8 Å². The zero-order valence-corrected chi connectivity index (χ0v) is 12.4. The lowest BCUT2D eigenvalue weighted by molar-refractivity contribution is -0.116. The van der Waals surface area contributed by atoms with Gasteiger partial charge in [0.05, 0.1) is 12.7 Å². The second kappa shape index (κ2) is 5.64. The zero-order chi connectivity index (χ0) is 16.6. The van der Waals surface area contributed by atoms with Gasteiger partial charge in [-0.25, -0.2) is 4.79 Å². The minimum Gasteiger partial charge on any atom is -0.504 e. The van der Waals surface area contributed by atoms with Gasteiger partial charge in [-0.2, -0.15) is 0 Å². The summed E-state index contributed by atoms with van der Waals surface area (Å²) >= 11 is 0. The van der Waals surface area contributed by atoms with Gasteiger partial charge in [-0.3, -0.25) is 4.79 Å². The van der Waals surface area contributed by atoms with Crippen molar-refractivity contribution in [2.45, 2.75) is 12.3 Å². The number of phenols is 1. The monoisotopic (exact) mass is 313 g/mol. The number of aromatic hydroxyl groups is 1. The Hall–Kier alpha value is -3.02. The van der Waals surface area contributed by atoms with Gasteiger partial charge in [0.15, 0.2) is 11.5 Å². The van der Waals surface area contributed by atoms with E-state index in [-0.39, 0.29) is 29.4 Å². The highest BCUT2D eigenvalue weighted by Gasteiger charge is 2.30. The summed E-state index contributed by atoms with van der Waals surface area (Å²) < 4.78 is 5.12. The molecule has 23 heavy (non-hydrogen) atoms. The van der Waals surface area contributed by atoms with Crippen LogP contribution < -0.4 is 10.1 Å². The highest BCUT2D eigenvalue weighted by Crippen LogP contribution is 2.43. The lowest BCUT2D eigenvalue weighted by Gasteiger charge is -2.27. The largest absolute Gasteiger partial charge is 0.504 e. The number of aromatic carboxylic acids is 1. The van der Waals surface area contributed by atoms with Gasteiger partial charge in [-0.1, -0.05) is 18.2 Å². The highest BCUT2D eigenvalue weighted by atomic mass is 16.5. The van der Waals surface area contributed by atoms with Crippen molar-refractivity contribution in [1.29, 1.82) is 0 Å². The van der Waals surface area contributed by atoms with Gasteiger partial charge in [0, 0.05) is 24.1 Å². The number of carbonyl (C=O) groups is 2. The van der Waals surface area contributed by atoms with E-state index in [2.05, 4.69) is 5.32 Å². The number of phenolic OH excluding ortho intramolecular Hbond substituents is 1. The number of carboxylic acid groups (broad SMARTS) is 1. The molecule has 118 valence electrons. The van der Waals surface area contributed by atoms with E-state index in [1.54, 1.807) is 24.3 Å². The van der Waals surface area contributed by atoms with Crippen LogP contribution in [-0.4, -0.2) is 29.2 Å². The Morgan fingerprint density at radius 3 is 2.70 bits per heavy atom. The topological polar surface area (TPSA) is 95.9 Å². The minimum absolute atomic E-state index is 0.0845. The van der Waals surface area contributed by atoms with Crippen molar-refractivity contribution in [2.75, 3.05) is 12.4 Å². The maximum atomic E-state index is 12.0. The number of hydrogen-bond donors (Lipinski definition) is 3. The lowest BCUT2D eigenvalue weighted by atomic mass is 9.82. The fourth-order valence-corrected chi connectivity index (χ4v) is 2.91. The molecule has 1 amide bonds. The first-order chi connectivity index (χ1) is 11.0. The van der Waals surface area contributed by atoms with Crippen molar-refractivity contribution in [3.8, 4) is 11.5 Å². The second-order valence-electron chi connectivity index (χ2n) is 5.31. The van der Waals surface area contributed by atoms with E-state index >= 15 is 0 Å². The predicted molar refractivity (Wildman–Crippen MR) is 83.1 cm³/mol. The van der Waals surface area contributed by atoms with Crippen LogP contribution in [0, 0.1) is 0 Å². The third-order valence-electron chi connectivity index (χ3n) is 3.96. The summed E-state index contributed by atoms with van der Waals surface area (Å²) in [5.41, 5.74) is 1.90. The van der Waals surface area contributed by atoms with Crippen LogP contribution in [-0.2, 0) is 4.79 Å². The normalized spacial score (nSPS) is 16.4. The Bertz CT molecular complexity index is 800. The van der Waals surface area contributed by atoms with Crippen LogP contribution in [0.2, 0.25) is 0 Å². The fourth-order valence-electron chi connectivity index (χ4n) is 2.91. The first-order valence-corrected chi connectivity index (χ1v) is 7.04. The van der Waals surface area contributed by atoms with Gasteiger partial charge in [0.2, 0.25) is 5.91 Å². The maximum absolute atomic E-state index is 12.0. The van der Waals surface area contributed by atoms with Gasteiger partial charge in [-0.15, -0.1) is 0 Å². The summed E-state index contributed by atoms with van der Waals surface area (Å²) in [6, 6.07) is 9.66. The smallest absolute Gasteiger partial charge is 0.335 e. The molecule has 0 bridgehead atoms. The van der Waals surface area contributed by atoms with Crippen LogP contribution in [0.3, 0.4) is 0 Å². The van der Waals surface area contributed by atoms with Crippen molar-refractivity contribution < 1.29 is 24.5 Å². The van der Waals surface area contributed by atoms with Gasteiger partial charge >= 0.3 is 5.97 Å². The molecular formula is C17H15NO5. The van der Waals surface area contributed by atoms with Crippen molar-refractivity contribution in [3.05, 3.63) is 53.1 Å². The summed E-state index contributed by atoms with van der Waals surface area (Å²) in [6.45, 7) is 0. The third-order valence-corrected chi connectivity index (χ3v) is 3.96. The summed E-state index contributed by atoms with van der Waals surface area (Å²) in [4.78, 5) is 23.5. The molecule has 0 spiro atoms. The molecule has 2 aromatic carbocycles. The molecule has 2 aromatic rings. The number of ether oxygens (including phenoxy) is 1. The van der Waals surface area contributed by atoms with Gasteiger partial charge in [0.25, 0.3) is 0 Å². The first-order valence-electron chi connectivity index (χ1n) is 7.04. The predicted octanol–water partition coefficient (Wildman–Crippen LogP) is 2.57. The zero-order valence-electron chi connectivity index (χ0n) is 12.4. The van der Waals surface area contributed by atoms with E-state index in [1.165, 1.54) is 19.2 Å². The number of anilines is 1. The van der Waals surface area contributed by atoms with E-state index in [9.17, 15) is 19.8 Å².